The van der Waals surface area contributed by atoms with Crippen LogP contribution in [0.15, 0.2) is 17.5 Å². The first kappa shape index (κ1) is 14.6. The predicted octanol–water partition coefficient (Wildman–Crippen LogP) is 2.98. The van der Waals surface area contributed by atoms with Gasteiger partial charge in [0.2, 0.25) is 0 Å². The van der Waals surface area contributed by atoms with E-state index in [2.05, 4.69) is 10.3 Å². The summed E-state index contributed by atoms with van der Waals surface area (Å²) in [6.45, 7) is 0. The quantitative estimate of drug-likeness (QED) is 0.801. The molecule has 0 radical (unpaired) electrons. The van der Waals surface area contributed by atoms with Gasteiger partial charge in [-0.3, -0.25) is 4.79 Å². The summed E-state index contributed by atoms with van der Waals surface area (Å²) >= 11 is 12.9. The van der Waals surface area contributed by atoms with E-state index in [1.165, 1.54) is 17.5 Å². The third-order valence-electron chi connectivity index (χ3n) is 2.28. The standard InChI is InChI=1S/C11H7Cl2N3O3S/c12-5-1-4(10(18)19)2-6(13)8(5)16-9(17)7-3-20-11(14)15-7/h1-3H,(H2,14,15)(H,16,17)(H,18,19). The van der Waals surface area contributed by atoms with E-state index in [-0.39, 0.29) is 32.1 Å². The number of hydrogen-bond acceptors (Lipinski definition) is 5. The van der Waals surface area contributed by atoms with Gasteiger partial charge < -0.3 is 16.2 Å². The van der Waals surface area contributed by atoms with Gasteiger partial charge in [0.1, 0.15) is 5.69 Å². The van der Waals surface area contributed by atoms with E-state index in [1.807, 2.05) is 0 Å². The lowest BCUT2D eigenvalue weighted by Gasteiger charge is -2.09. The molecule has 0 saturated carbocycles. The first-order valence-corrected chi connectivity index (χ1v) is 6.76. The van der Waals surface area contributed by atoms with E-state index in [4.69, 9.17) is 34.0 Å². The molecule has 0 bridgehead atoms. The average Bonchev–Trinajstić information content (AvgIpc) is 2.80. The summed E-state index contributed by atoms with van der Waals surface area (Å²) in [6.07, 6.45) is 0. The number of thiazole rings is 1. The molecule has 1 heterocycles. The number of nitrogens with one attached hydrogen (secondary N) is 1. The summed E-state index contributed by atoms with van der Waals surface area (Å²) in [5.41, 5.74) is 5.61. The Labute approximate surface area is 127 Å². The number of benzene rings is 1. The summed E-state index contributed by atoms with van der Waals surface area (Å²) in [7, 11) is 0. The molecule has 104 valence electrons. The molecule has 0 aliphatic heterocycles. The SMILES string of the molecule is Nc1nc(C(=O)Nc2c(Cl)cc(C(=O)O)cc2Cl)cs1. The Morgan fingerprint density at radius 1 is 1.30 bits per heavy atom. The maximum absolute atomic E-state index is 11.9. The molecule has 1 aromatic carbocycles. The number of carboxylic acids is 1. The molecule has 0 saturated heterocycles. The number of carbonyl (C=O) groups is 2. The first-order valence-electron chi connectivity index (χ1n) is 5.13. The van der Waals surface area contributed by atoms with Gasteiger partial charge in [-0.25, -0.2) is 9.78 Å². The third kappa shape index (κ3) is 3.01. The first-order chi connectivity index (χ1) is 9.38. The molecular formula is C11H7Cl2N3O3S. The van der Waals surface area contributed by atoms with Gasteiger partial charge in [-0.1, -0.05) is 23.2 Å². The molecule has 0 aliphatic carbocycles. The van der Waals surface area contributed by atoms with Gasteiger partial charge in [-0.05, 0) is 12.1 Å². The van der Waals surface area contributed by atoms with Crippen molar-refractivity contribution in [2.45, 2.75) is 0 Å². The minimum atomic E-state index is -1.17. The zero-order valence-corrected chi connectivity index (χ0v) is 12.0. The number of amides is 1. The molecule has 2 rings (SSSR count). The van der Waals surface area contributed by atoms with E-state index in [1.54, 1.807) is 0 Å². The molecule has 2 aromatic rings. The number of anilines is 2. The van der Waals surface area contributed by atoms with Gasteiger partial charge in [0.25, 0.3) is 5.91 Å². The van der Waals surface area contributed by atoms with E-state index in [9.17, 15) is 9.59 Å². The van der Waals surface area contributed by atoms with E-state index in [0.29, 0.717) is 0 Å². The largest absolute Gasteiger partial charge is 0.478 e. The van der Waals surface area contributed by atoms with Crippen LogP contribution < -0.4 is 11.1 Å². The molecule has 9 heteroatoms. The van der Waals surface area contributed by atoms with Gasteiger partial charge in [0.05, 0.1) is 21.3 Å². The number of nitrogens with zero attached hydrogens (tertiary/aromatic N) is 1. The van der Waals surface area contributed by atoms with E-state index >= 15 is 0 Å². The Morgan fingerprint density at radius 2 is 1.90 bits per heavy atom. The molecule has 1 aromatic heterocycles. The highest BCUT2D eigenvalue weighted by Gasteiger charge is 2.16. The van der Waals surface area contributed by atoms with Gasteiger partial charge in [-0.2, -0.15) is 0 Å². The monoisotopic (exact) mass is 331 g/mol. The van der Waals surface area contributed by atoms with E-state index < -0.39 is 11.9 Å². The Hall–Kier alpha value is -1.83. The Morgan fingerprint density at radius 3 is 2.35 bits per heavy atom. The lowest BCUT2D eigenvalue weighted by Crippen LogP contribution is -2.13. The summed E-state index contributed by atoms with van der Waals surface area (Å²) in [5.74, 6) is -1.70. The van der Waals surface area contributed by atoms with Crippen LogP contribution in [0.25, 0.3) is 0 Å². The van der Waals surface area contributed by atoms with Crippen molar-refractivity contribution in [2.75, 3.05) is 11.1 Å². The molecule has 0 aliphatic rings. The van der Waals surface area contributed by atoms with Crippen LogP contribution in [-0.4, -0.2) is 22.0 Å². The normalized spacial score (nSPS) is 10.3. The zero-order valence-electron chi connectivity index (χ0n) is 9.68. The predicted molar refractivity (Wildman–Crippen MR) is 77.9 cm³/mol. The van der Waals surface area contributed by atoms with Gasteiger partial charge >= 0.3 is 5.97 Å². The molecule has 0 spiro atoms. The summed E-state index contributed by atoms with van der Waals surface area (Å²) in [5, 5.41) is 13.1. The fraction of sp³-hybridized carbons (Fsp3) is 0. The molecule has 0 fully saturated rings. The smallest absolute Gasteiger partial charge is 0.335 e. The second kappa shape index (κ2) is 5.66. The number of carboxylic acid groups (broad SMARTS) is 1. The van der Waals surface area contributed by atoms with Crippen molar-refractivity contribution in [2.24, 2.45) is 0 Å². The van der Waals surface area contributed by atoms with Crippen LogP contribution in [-0.2, 0) is 0 Å². The topological polar surface area (TPSA) is 105 Å². The minimum absolute atomic E-state index is 0.0199. The number of carbonyl (C=O) groups excluding carboxylic acids is 1. The number of nitrogens with two attached hydrogens (primary N) is 1. The summed E-state index contributed by atoms with van der Waals surface area (Å²) in [4.78, 5) is 26.5. The minimum Gasteiger partial charge on any atom is -0.478 e. The number of hydrogen-bond donors (Lipinski definition) is 3. The summed E-state index contributed by atoms with van der Waals surface area (Å²) in [6, 6.07) is 2.39. The molecule has 6 nitrogen and oxygen atoms in total. The summed E-state index contributed by atoms with van der Waals surface area (Å²) < 4.78 is 0. The number of aromatic nitrogens is 1. The van der Waals surface area contributed by atoms with Crippen molar-refractivity contribution >= 4 is 57.2 Å². The van der Waals surface area contributed by atoms with Gasteiger partial charge in [0, 0.05) is 5.38 Å². The Kier molecular flexibility index (Phi) is 4.12. The van der Waals surface area contributed by atoms with Crippen LogP contribution in [0.3, 0.4) is 0 Å². The fourth-order valence-electron chi connectivity index (χ4n) is 1.39. The molecule has 0 atom stereocenters. The fourth-order valence-corrected chi connectivity index (χ4v) is 2.51. The average molecular weight is 332 g/mol. The molecule has 1 amide bonds. The number of aromatic carboxylic acids is 1. The second-order valence-electron chi connectivity index (χ2n) is 3.65. The maximum atomic E-state index is 11.9. The number of halogens is 2. The third-order valence-corrected chi connectivity index (χ3v) is 3.55. The zero-order chi connectivity index (χ0) is 14.9. The van der Waals surface area contributed by atoms with Crippen LogP contribution >= 0.6 is 34.5 Å². The molecule has 0 unspecified atom stereocenters. The van der Waals surface area contributed by atoms with Crippen LogP contribution in [0.5, 0.6) is 0 Å². The van der Waals surface area contributed by atoms with Crippen LogP contribution in [0.2, 0.25) is 10.0 Å². The van der Waals surface area contributed by atoms with Crippen molar-refractivity contribution in [1.29, 1.82) is 0 Å². The van der Waals surface area contributed by atoms with E-state index in [0.717, 1.165) is 11.3 Å². The van der Waals surface area contributed by atoms with Crippen molar-refractivity contribution in [3.05, 3.63) is 38.8 Å². The highest BCUT2D eigenvalue weighted by atomic mass is 35.5. The van der Waals surface area contributed by atoms with Crippen molar-refractivity contribution in [3.63, 3.8) is 0 Å². The van der Waals surface area contributed by atoms with Crippen LogP contribution in [0, 0.1) is 0 Å². The highest BCUT2D eigenvalue weighted by Crippen LogP contribution is 2.32. The van der Waals surface area contributed by atoms with Crippen LogP contribution in [0.1, 0.15) is 20.8 Å². The van der Waals surface area contributed by atoms with Gasteiger partial charge in [-0.15, -0.1) is 11.3 Å². The lowest BCUT2D eigenvalue weighted by atomic mass is 10.2. The molecule has 20 heavy (non-hydrogen) atoms. The van der Waals surface area contributed by atoms with Crippen molar-refractivity contribution < 1.29 is 14.7 Å². The van der Waals surface area contributed by atoms with Crippen LogP contribution in [0.4, 0.5) is 10.8 Å². The Bertz CT molecular complexity index is 679. The van der Waals surface area contributed by atoms with Crippen molar-refractivity contribution in [3.8, 4) is 0 Å². The van der Waals surface area contributed by atoms with Crippen molar-refractivity contribution in [1.82, 2.24) is 4.98 Å². The molecular weight excluding hydrogens is 325 g/mol. The highest BCUT2D eigenvalue weighted by molar-refractivity contribution is 7.13. The number of rotatable bonds is 3. The Balaban J connectivity index is 2.30. The number of nitrogen functional groups attached to an aromatic ring is 1. The molecule has 4 N–H and O–H groups in total. The maximum Gasteiger partial charge on any atom is 0.335 e. The second-order valence-corrected chi connectivity index (χ2v) is 5.35. The van der Waals surface area contributed by atoms with Gasteiger partial charge in [0.15, 0.2) is 5.13 Å². The lowest BCUT2D eigenvalue weighted by molar-refractivity contribution is 0.0696.